The first-order chi connectivity index (χ1) is 8.20. The number of hydrogen-bond donors (Lipinski definition) is 0. The van der Waals surface area contributed by atoms with E-state index < -0.39 is 0 Å². The van der Waals surface area contributed by atoms with E-state index in [1.54, 1.807) is 6.07 Å². The van der Waals surface area contributed by atoms with E-state index in [1.807, 2.05) is 6.07 Å². The van der Waals surface area contributed by atoms with Gasteiger partial charge in [-0.1, -0.05) is 36.5 Å². The lowest BCUT2D eigenvalue weighted by Crippen LogP contribution is -2.01. The molecule has 0 amide bonds. The average Bonchev–Trinajstić information content (AvgIpc) is 2.33. The molecule has 0 saturated carbocycles. The molecule has 1 rings (SSSR count). The van der Waals surface area contributed by atoms with Gasteiger partial charge in [-0.2, -0.15) is 5.26 Å². The Hall–Kier alpha value is -0.910. The minimum atomic E-state index is 0.504. The second kappa shape index (κ2) is 7.42. The lowest BCUT2D eigenvalue weighted by molar-refractivity contribution is 0.309. The highest BCUT2D eigenvalue weighted by Gasteiger charge is 2.11. The smallest absolute Gasteiger partial charge is 0.124 e. The van der Waals surface area contributed by atoms with E-state index in [4.69, 9.17) is 33.2 Å². The third-order valence-corrected chi connectivity index (χ3v) is 3.19. The average molecular weight is 272 g/mol. The van der Waals surface area contributed by atoms with E-state index >= 15 is 0 Å². The van der Waals surface area contributed by atoms with Gasteiger partial charge in [0.15, 0.2) is 0 Å². The Labute approximate surface area is 112 Å². The van der Waals surface area contributed by atoms with E-state index in [-0.39, 0.29) is 0 Å². The van der Waals surface area contributed by atoms with Crippen molar-refractivity contribution in [1.82, 2.24) is 0 Å². The summed E-state index contributed by atoms with van der Waals surface area (Å²) in [6.45, 7) is 2.61. The molecule has 0 aromatic heterocycles. The van der Waals surface area contributed by atoms with Crippen molar-refractivity contribution in [2.24, 2.45) is 0 Å². The molecule has 0 spiro atoms. The molecule has 0 radical (unpaired) electrons. The standard InChI is InChI=1S/C13H15Cl2NO/c1-2-5-10-12(17-9-4-3-8-16)7-6-11(14)13(10)15/h6-7H,2-5,9H2,1H3. The molecule has 0 aliphatic carbocycles. The van der Waals surface area contributed by atoms with Crippen LogP contribution in [0.25, 0.3) is 0 Å². The van der Waals surface area contributed by atoms with Crippen LogP contribution in [0.4, 0.5) is 0 Å². The fourth-order valence-electron chi connectivity index (χ4n) is 1.53. The van der Waals surface area contributed by atoms with Crippen molar-refractivity contribution in [1.29, 1.82) is 5.26 Å². The first-order valence-electron chi connectivity index (χ1n) is 5.67. The zero-order valence-corrected chi connectivity index (χ0v) is 11.3. The van der Waals surface area contributed by atoms with Gasteiger partial charge in [0.1, 0.15) is 5.75 Å². The Morgan fingerprint density at radius 1 is 1.35 bits per heavy atom. The van der Waals surface area contributed by atoms with Crippen LogP contribution in [0.1, 0.15) is 31.7 Å². The normalized spacial score (nSPS) is 10.0. The maximum absolute atomic E-state index is 8.44. The van der Waals surface area contributed by atoms with Crippen LogP contribution in [-0.4, -0.2) is 6.61 Å². The highest BCUT2D eigenvalue weighted by molar-refractivity contribution is 6.42. The van der Waals surface area contributed by atoms with Crippen molar-refractivity contribution in [3.8, 4) is 11.8 Å². The zero-order chi connectivity index (χ0) is 12.7. The lowest BCUT2D eigenvalue weighted by atomic mass is 10.1. The summed E-state index contributed by atoms with van der Waals surface area (Å²) in [4.78, 5) is 0. The van der Waals surface area contributed by atoms with Gasteiger partial charge in [-0.15, -0.1) is 0 Å². The summed E-state index contributed by atoms with van der Waals surface area (Å²) in [5.74, 6) is 0.777. The summed E-state index contributed by atoms with van der Waals surface area (Å²) in [5, 5.41) is 9.57. The molecular formula is C13H15Cl2NO. The van der Waals surface area contributed by atoms with Gasteiger partial charge < -0.3 is 4.74 Å². The molecule has 0 fully saturated rings. The molecule has 0 N–H and O–H groups in total. The molecule has 0 atom stereocenters. The van der Waals surface area contributed by atoms with Crippen LogP contribution < -0.4 is 4.74 Å². The Bertz CT molecular complexity index is 413. The van der Waals surface area contributed by atoms with Gasteiger partial charge >= 0.3 is 0 Å². The molecule has 2 nitrogen and oxygen atoms in total. The maximum atomic E-state index is 8.44. The number of nitriles is 1. The first kappa shape index (κ1) is 14.2. The van der Waals surface area contributed by atoms with Crippen molar-refractivity contribution >= 4 is 23.2 Å². The van der Waals surface area contributed by atoms with Crippen LogP contribution in [0.3, 0.4) is 0 Å². The summed E-state index contributed by atoms with van der Waals surface area (Å²) in [6.07, 6.45) is 3.05. The van der Waals surface area contributed by atoms with E-state index in [0.29, 0.717) is 23.1 Å². The molecule has 17 heavy (non-hydrogen) atoms. The fraction of sp³-hybridized carbons (Fsp3) is 0.462. The van der Waals surface area contributed by atoms with Crippen LogP contribution in [0.15, 0.2) is 12.1 Å². The van der Waals surface area contributed by atoms with E-state index in [2.05, 4.69) is 13.0 Å². The molecule has 0 unspecified atom stereocenters. The monoisotopic (exact) mass is 271 g/mol. The molecule has 0 heterocycles. The molecule has 0 bridgehead atoms. The summed E-state index contributed by atoms with van der Waals surface area (Å²) >= 11 is 12.1. The minimum Gasteiger partial charge on any atom is -0.493 e. The van der Waals surface area contributed by atoms with Crippen LogP contribution in [0, 0.1) is 11.3 Å². The largest absolute Gasteiger partial charge is 0.493 e. The van der Waals surface area contributed by atoms with Gasteiger partial charge in [-0.05, 0) is 25.0 Å². The molecule has 0 aliphatic heterocycles. The highest BCUT2D eigenvalue weighted by atomic mass is 35.5. The van der Waals surface area contributed by atoms with Crippen molar-refractivity contribution in [2.75, 3.05) is 6.61 Å². The van der Waals surface area contributed by atoms with Crippen molar-refractivity contribution in [3.05, 3.63) is 27.7 Å². The number of halogens is 2. The van der Waals surface area contributed by atoms with Crippen molar-refractivity contribution in [3.63, 3.8) is 0 Å². The predicted molar refractivity (Wildman–Crippen MR) is 70.8 cm³/mol. The summed E-state index contributed by atoms with van der Waals surface area (Å²) in [7, 11) is 0. The number of nitrogens with zero attached hydrogens (tertiary/aromatic N) is 1. The zero-order valence-electron chi connectivity index (χ0n) is 9.80. The molecule has 1 aromatic carbocycles. The first-order valence-corrected chi connectivity index (χ1v) is 6.43. The number of ether oxygens (including phenoxy) is 1. The lowest BCUT2D eigenvalue weighted by Gasteiger charge is -2.13. The molecular weight excluding hydrogens is 257 g/mol. The molecule has 0 aliphatic rings. The molecule has 4 heteroatoms. The summed E-state index contributed by atoms with van der Waals surface area (Å²) in [5.41, 5.74) is 0.957. The van der Waals surface area contributed by atoms with Crippen LogP contribution in [-0.2, 0) is 6.42 Å². The topological polar surface area (TPSA) is 33.0 Å². The van der Waals surface area contributed by atoms with Crippen LogP contribution >= 0.6 is 23.2 Å². The maximum Gasteiger partial charge on any atom is 0.124 e. The van der Waals surface area contributed by atoms with E-state index in [1.165, 1.54) is 0 Å². The quantitative estimate of drug-likeness (QED) is 0.707. The Morgan fingerprint density at radius 2 is 2.12 bits per heavy atom. The number of hydrogen-bond acceptors (Lipinski definition) is 2. The minimum absolute atomic E-state index is 0.504. The predicted octanol–water partition coefficient (Wildman–Crippen LogP) is 4.63. The second-order valence-corrected chi connectivity index (χ2v) is 4.48. The third kappa shape index (κ3) is 4.11. The van der Waals surface area contributed by atoms with Crippen molar-refractivity contribution in [2.45, 2.75) is 32.6 Å². The fourth-order valence-corrected chi connectivity index (χ4v) is 1.95. The number of benzene rings is 1. The van der Waals surface area contributed by atoms with Gasteiger partial charge in [-0.3, -0.25) is 0 Å². The SMILES string of the molecule is CCCc1c(OCCCC#N)ccc(Cl)c1Cl. The summed E-state index contributed by atoms with van der Waals surface area (Å²) < 4.78 is 5.63. The van der Waals surface area contributed by atoms with E-state index in [9.17, 15) is 0 Å². The number of unbranched alkanes of at least 4 members (excludes halogenated alkanes) is 1. The highest BCUT2D eigenvalue weighted by Crippen LogP contribution is 2.34. The van der Waals surface area contributed by atoms with E-state index in [0.717, 1.165) is 30.6 Å². The summed E-state index contributed by atoms with van der Waals surface area (Å²) in [6, 6.07) is 5.66. The second-order valence-electron chi connectivity index (χ2n) is 3.70. The molecule has 92 valence electrons. The van der Waals surface area contributed by atoms with Crippen LogP contribution in [0.5, 0.6) is 5.75 Å². The van der Waals surface area contributed by atoms with Gasteiger partial charge in [0, 0.05) is 12.0 Å². The Kier molecular flexibility index (Phi) is 6.18. The third-order valence-electron chi connectivity index (χ3n) is 2.34. The van der Waals surface area contributed by atoms with Gasteiger partial charge in [-0.25, -0.2) is 0 Å². The van der Waals surface area contributed by atoms with Gasteiger partial charge in [0.2, 0.25) is 0 Å². The number of rotatable bonds is 6. The Balaban J connectivity index is 2.76. The van der Waals surface area contributed by atoms with Gasteiger partial charge in [0.25, 0.3) is 0 Å². The molecule has 1 aromatic rings. The Morgan fingerprint density at radius 3 is 2.76 bits per heavy atom. The molecule has 0 saturated heterocycles. The van der Waals surface area contributed by atoms with Crippen molar-refractivity contribution < 1.29 is 4.74 Å². The van der Waals surface area contributed by atoms with Gasteiger partial charge in [0.05, 0.1) is 22.7 Å². The van der Waals surface area contributed by atoms with Crippen LogP contribution in [0.2, 0.25) is 10.0 Å².